The van der Waals surface area contributed by atoms with E-state index in [9.17, 15) is 9.59 Å². The van der Waals surface area contributed by atoms with Crippen LogP contribution in [0.3, 0.4) is 0 Å². The Kier molecular flexibility index (Phi) is 3.97. The lowest BCUT2D eigenvalue weighted by atomic mass is 10.1. The number of amides is 3. The van der Waals surface area contributed by atoms with Crippen molar-refractivity contribution in [1.82, 2.24) is 20.0 Å². The highest BCUT2D eigenvalue weighted by atomic mass is 16.2. The molecule has 0 bridgehead atoms. The zero-order valence-corrected chi connectivity index (χ0v) is 13.6. The first-order chi connectivity index (χ1) is 10.5. The highest BCUT2D eigenvalue weighted by Gasteiger charge is 2.49. The smallest absolute Gasteiger partial charge is 0.325 e. The zero-order chi connectivity index (χ0) is 15.9. The highest BCUT2D eigenvalue weighted by Crippen LogP contribution is 2.27. The molecule has 2 saturated heterocycles. The molecule has 7 heteroatoms. The highest BCUT2D eigenvalue weighted by molar-refractivity contribution is 6.03. The minimum Gasteiger partial charge on any atom is -0.343 e. The number of fused-ring (bicyclic) bond motifs is 1. The molecule has 0 aliphatic carbocycles. The molecule has 2 atom stereocenters. The molecule has 0 aromatic carbocycles. The van der Waals surface area contributed by atoms with Crippen molar-refractivity contribution in [3.05, 3.63) is 0 Å². The number of hydrogen-bond acceptors (Lipinski definition) is 5. The first-order valence-corrected chi connectivity index (χ1v) is 8.16. The summed E-state index contributed by atoms with van der Waals surface area (Å²) >= 11 is 0. The van der Waals surface area contributed by atoms with Gasteiger partial charge >= 0.3 is 6.03 Å². The molecule has 3 rings (SSSR count). The summed E-state index contributed by atoms with van der Waals surface area (Å²) in [6, 6.07) is -0.751. The first kappa shape index (κ1) is 15.1. The Balaban J connectivity index is 1.87. The van der Waals surface area contributed by atoms with Crippen molar-refractivity contribution >= 4 is 17.9 Å². The van der Waals surface area contributed by atoms with E-state index < -0.39 is 12.2 Å². The van der Waals surface area contributed by atoms with E-state index in [2.05, 4.69) is 29.0 Å². The van der Waals surface area contributed by atoms with Crippen LogP contribution in [0.5, 0.6) is 0 Å². The van der Waals surface area contributed by atoms with Gasteiger partial charge in [-0.25, -0.2) is 9.79 Å². The maximum absolute atomic E-state index is 12.4. The third-order valence-electron chi connectivity index (χ3n) is 4.67. The predicted octanol–water partition coefficient (Wildman–Crippen LogP) is 0.676. The summed E-state index contributed by atoms with van der Waals surface area (Å²) in [6.07, 6.45) is 2.92. The van der Waals surface area contributed by atoms with E-state index in [0.29, 0.717) is 5.92 Å². The van der Waals surface area contributed by atoms with Crippen LogP contribution in [0.25, 0.3) is 0 Å². The van der Waals surface area contributed by atoms with E-state index in [1.54, 1.807) is 7.05 Å². The molecule has 7 nitrogen and oxygen atoms in total. The third kappa shape index (κ3) is 2.53. The van der Waals surface area contributed by atoms with Crippen molar-refractivity contribution in [2.24, 2.45) is 10.9 Å². The maximum Gasteiger partial charge on any atom is 0.325 e. The lowest BCUT2D eigenvalue weighted by Gasteiger charge is -2.37. The molecule has 3 amide bonds. The Bertz CT molecular complexity index is 498. The van der Waals surface area contributed by atoms with Gasteiger partial charge < -0.3 is 14.7 Å². The van der Waals surface area contributed by atoms with Crippen LogP contribution >= 0.6 is 0 Å². The number of likely N-dealkylation sites (N-methyl/N-ethyl adjacent to an activating group) is 1. The Morgan fingerprint density at radius 1 is 1.27 bits per heavy atom. The summed E-state index contributed by atoms with van der Waals surface area (Å²) in [7, 11) is 1.70. The summed E-state index contributed by atoms with van der Waals surface area (Å²) in [6.45, 7) is 7.11. The number of imide groups is 1. The lowest BCUT2D eigenvalue weighted by Crippen LogP contribution is -2.64. The average Bonchev–Trinajstić information content (AvgIpc) is 3.09. The largest absolute Gasteiger partial charge is 0.343 e. The van der Waals surface area contributed by atoms with E-state index in [1.165, 1.54) is 4.90 Å². The van der Waals surface area contributed by atoms with E-state index in [0.717, 1.165) is 44.9 Å². The van der Waals surface area contributed by atoms with E-state index in [1.807, 2.05) is 0 Å². The number of guanidine groups is 1. The number of hydrogen-bond donors (Lipinski definition) is 1. The molecular formula is C15H25N5O2. The number of likely N-dealkylation sites (tertiary alicyclic amines) is 1. The van der Waals surface area contributed by atoms with Gasteiger partial charge in [-0.1, -0.05) is 13.8 Å². The molecule has 0 spiro atoms. The van der Waals surface area contributed by atoms with Crippen LogP contribution < -0.4 is 5.32 Å². The van der Waals surface area contributed by atoms with Crippen LogP contribution in [0.15, 0.2) is 4.99 Å². The second kappa shape index (κ2) is 5.78. The fourth-order valence-corrected chi connectivity index (χ4v) is 3.33. The van der Waals surface area contributed by atoms with Gasteiger partial charge in [-0.2, -0.15) is 0 Å². The van der Waals surface area contributed by atoms with Crippen LogP contribution in [-0.2, 0) is 4.79 Å². The Hall–Kier alpha value is -1.79. The molecule has 0 aromatic heterocycles. The summed E-state index contributed by atoms with van der Waals surface area (Å²) in [5, 5.41) is 2.44. The number of carbonyl (C=O) groups is 2. The number of aliphatic imine (C=N–C) groups is 1. The number of urea groups is 1. The van der Waals surface area contributed by atoms with Crippen molar-refractivity contribution in [2.45, 2.75) is 45.3 Å². The van der Waals surface area contributed by atoms with Crippen LogP contribution in [0.2, 0.25) is 0 Å². The second-order valence-corrected chi connectivity index (χ2v) is 6.76. The normalized spacial score (nSPS) is 28.4. The Morgan fingerprint density at radius 2 is 1.95 bits per heavy atom. The molecule has 0 saturated carbocycles. The van der Waals surface area contributed by atoms with E-state index in [-0.39, 0.29) is 11.9 Å². The van der Waals surface area contributed by atoms with E-state index >= 15 is 0 Å². The van der Waals surface area contributed by atoms with Gasteiger partial charge in [0.05, 0.1) is 0 Å². The molecule has 22 heavy (non-hydrogen) atoms. The molecule has 1 N–H and O–H groups in total. The molecule has 0 radical (unpaired) electrons. The second-order valence-electron chi connectivity index (χ2n) is 6.76. The monoisotopic (exact) mass is 307 g/mol. The molecule has 2 fully saturated rings. The van der Waals surface area contributed by atoms with Crippen molar-refractivity contribution < 1.29 is 9.59 Å². The fourth-order valence-electron chi connectivity index (χ4n) is 3.33. The number of nitrogens with one attached hydrogen (secondary N) is 1. The van der Waals surface area contributed by atoms with Gasteiger partial charge in [0.15, 0.2) is 18.2 Å². The topological polar surface area (TPSA) is 68.2 Å². The van der Waals surface area contributed by atoms with Crippen molar-refractivity contribution in [2.75, 3.05) is 26.7 Å². The lowest BCUT2D eigenvalue weighted by molar-refractivity contribution is -0.127. The van der Waals surface area contributed by atoms with Gasteiger partial charge in [0, 0.05) is 26.7 Å². The maximum atomic E-state index is 12.4. The minimum absolute atomic E-state index is 0.227. The van der Waals surface area contributed by atoms with Crippen molar-refractivity contribution in [3.8, 4) is 0 Å². The van der Waals surface area contributed by atoms with Gasteiger partial charge in [-0.05, 0) is 25.2 Å². The van der Waals surface area contributed by atoms with Gasteiger partial charge in [-0.3, -0.25) is 10.1 Å². The fraction of sp³-hybridized carbons (Fsp3) is 0.800. The van der Waals surface area contributed by atoms with Gasteiger partial charge in [0.1, 0.15) is 0 Å². The number of nitrogens with zero attached hydrogens (tertiary/aromatic N) is 4. The standard InChI is InChI=1S/C15H25N5O2/c1-10(2)6-9-20-11-12(18(3)15(22)17-13(11)21)16-14(20)19-7-4-5-8-19/h10-12H,4-9H2,1-3H3,(H,17,21,22). The molecular weight excluding hydrogens is 282 g/mol. The third-order valence-corrected chi connectivity index (χ3v) is 4.67. The van der Waals surface area contributed by atoms with Crippen LogP contribution in [0.1, 0.15) is 33.1 Å². The summed E-state index contributed by atoms with van der Waals surface area (Å²) in [5.74, 6) is 1.23. The zero-order valence-electron chi connectivity index (χ0n) is 13.6. The Morgan fingerprint density at radius 3 is 2.59 bits per heavy atom. The molecule has 3 heterocycles. The quantitative estimate of drug-likeness (QED) is 0.832. The summed E-state index contributed by atoms with van der Waals surface area (Å²) < 4.78 is 0. The Labute approximate surface area is 131 Å². The SMILES string of the molecule is CC(C)CCN1C(N2CCCC2)=NC2C1C(=O)NC(=O)N2C. The predicted molar refractivity (Wildman–Crippen MR) is 83.3 cm³/mol. The molecule has 2 unspecified atom stereocenters. The van der Waals surface area contributed by atoms with Gasteiger partial charge in [0.25, 0.3) is 5.91 Å². The molecule has 122 valence electrons. The molecule has 0 aromatic rings. The molecule has 3 aliphatic rings. The minimum atomic E-state index is -0.399. The van der Waals surface area contributed by atoms with Crippen LogP contribution in [0.4, 0.5) is 4.79 Å². The van der Waals surface area contributed by atoms with Gasteiger partial charge in [0.2, 0.25) is 0 Å². The average molecular weight is 307 g/mol. The first-order valence-electron chi connectivity index (χ1n) is 8.16. The summed E-state index contributed by atoms with van der Waals surface area (Å²) in [4.78, 5) is 34.8. The number of carbonyl (C=O) groups excluding carboxylic acids is 2. The summed E-state index contributed by atoms with van der Waals surface area (Å²) in [5.41, 5.74) is 0. The van der Waals surface area contributed by atoms with Crippen molar-refractivity contribution in [1.29, 1.82) is 0 Å². The van der Waals surface area contributed by atoms with Crippen LogP contribution in [-0.4, -0.2) is 71.5 Å². The van der Waals surface area contributed by atoms with Crippen LogP contribution in [0, 0.1) is 5.92 Å². The number of rotatable bonds is 3. The van der Waals surface area contributed by atoms with Crippen molar-refractivity contribution in [3.63, 3.8) is 0 Å². The molecule has 3 aliphatic heterocycles. The van der Waals surface area contributed by atoms with E-state index in [4.69, 9.17) is 4.99 Å². The van der Waals surface area contributed by atoms with Gasteiger partial charge in [-0.15, -0.1) is 0 Å².